The number of hydrogen-bond acceptors (Lipinski definition) is 6. The summed E-state index contributed by atoms with van der Waals surface area (Å²) in [5.41, 5.74) is 1.83. The van der Waals surface area contributed by atoms with Gasteiger partial charge in [-0.05, 0) is 26.7 Å². The Hall–Kier alpha value is -2.03. The van der Waals surface area contributed by atoms with Gasteiger partial charge in [-0.25, -0.2) is 0 Å². The van der Waals surface area contributed by atoms with Crippen LogP contribution in [0.4, 0.5) is 0 Å². The van der Waals surface area contributed by atoms with E-state index in [-0.39, 0.29) is 30.0 Å². The lowest BCUT2D eigenvalue weighted by Gasteiger charge is -2.31. The summed E-state index contributed by atoms with van der Waals surface area (Å²) in [7, 11) is 1.61. The van der Waals surface area contributed by atoms with Gasteiger partial charge in [-0.15, -0.1) is 11.8 Å². The van der Waals surface area contributed by atoms with E-state index >= 15 is 0 Å². The van der Waals surface area contributed by atoms with E-state index in [4.69, 9.17) is 9.63 Å². The third-order valence-corrected chi connectivity index (χ3v) is 5.59. The van der Waals surface area contributed by atoms with E-state index in [0.717, 1.165) is 17.0 Å². The summed E-state index contributed by atoms with van der Waals surface area (Å²) in [4.78, 5) is 38.5. The van der Waals surface area contributed by atoms with Crippen LogP contribution in [0.3, 0.4) is 0 Å². The molecule has 2 rings (SSSR count). The van der Waals surface area contributed by atoms with Crippen molar-refractivity contribution in [3.63, 3.8) is 0 Å². The van der Waals surface area contributed by atoms with Crippen LogP contribution in [0.25, 0.3) is 0 Å². The minimum absolute atomic E-state index is 0.0163. The van der Waals surface area contributed by atoms with Crippen molar-refractivity contribution in [3.05, 3.63) is 17.0 Å². The Labute approximate surface area is 156 Å². The SMILES string of the molecule is Cc1noc(C)c1CSCC(=O)N(C)CC(=O)N1CCC(C(=O)O)CC1. The van der Waals surface area contributed by atoms with Gasteiger partial charge in [-0.1, -0.05) is 5.16 Å². The quantitative estimate of drug-likeness (QED) is 0.757. The van der Waals surface area contributed by atoms with Crippen molar-refractivity contribution in [2.24, 2.45) is 5.92 Å². The normalized spacial score (nSPS) is 15.1. The molecule has 0 atom stereocenters. The molecule has 26 heavy (non-hydrogen) atoms. The minimum atomic E-state index is -0.806. The third kappa shape index (κ3) is 5.23. The third-order valence-electron chi connectivity index (χ3n) is 4.65. The van der Waals surface area contributed by atoms with Crippen LogP contribution in [0.5, 0.6) is 0 Å². The first-order valence-corrected chi connectivity index (χ1v) is 9.69. The number of rotatable bonds is 7. The molecule has 2 amide bonds. The molecule has 0 bridgehead atoms. The summed E-state index contributed by atoms with van der Waals surface area (Å²) in [6.07, 6.45) is 0.929. The molecule has 0 aliphatic carbocycles. The van der Waals surface area contributed by atoms with Gasteiger partial charge in [0.15, 0.2) is 0 Å². The van der Waals surface area contributed by atoms with E-state index < -0.39 is 5.97 Å². The second-order valence-corrected chi connectivity index (χ2v) is 7.52. The largest absolute Gasteiger partial charge is 0.481 e. The molecule has 1 aliphatic rings. The molecule has 1 N–H and O–H groups in total. The number of piperidine rings is 1. The minimum Gasteiger partial charge on any atom is -0.481 e. The maximum Gasteiger partial charge on any atom is 0.306 e. The van der Waals surface area contributed by atoms with Crippen molar-refractivity contribution in [1.82, 2.24) is 15.0 Å². The fraction of sp³-hybridized carbons (Fsp3) is 0.647. The fourth-order valence-corrected chi connectivity index (χ4v) is 3.94. The molecule has 144 valence electrons. The summed E-state index contributed by atoms with van der Waals surface area (Å²) in [6, 6.07) is 0. The first-order valence-electron chi connectivity index (χ1n) is 8.53. The Morgan fingerprint density at radius 2 is 1.96 bits per heavy atom. The van der Waals surface area contributed by atoms with Crippen molar-refractivity contribution in [2.75, 3.05) is 32.4 Å². The van der Waals surface area contributed by atoms with E-state index in [1.807, 2.05) is 13.8 Å². The smallest absolute Gasteiger partial charge is 0.306 e. The predicted molar refractivity (Wildman–Crippen MR) is 96.7 cm³/mol. The molecule has 0 aromatic carbocycles. The van der Waals surface area contributed by atoms with Gasteiger partial charge in [0.2, 0.25) is 11.8 Å². The number of carbonyl (C=O) groups excluding carboxylic acids is 2. The number of aryl methyl sites for hydroxylation is 2. The maximum absolute atomic E-state index is 12.3. The van der Waals surface area contributed by atoms with Gasteiger partial charge < -0.3 is 19.4 Å². The molecular formula is C17H25N3O5S. The summed E-state index contributed by atoms with van der Waals surface area (Å²) in [5, 5.41) is 12.9. The summed E-state index contributed by atoms with van der Waals surface area (Å²) < 4.78 is 5.10. The highest BCUT2D eigenvalue weighted by Gasteiger charge is 2.27. The van der Waals surface area contributed by atoms with Crippen LogP contribution in [0, 0.1) is 19.8 Å². The van der Waals surface area contributed by atoms with Crippen molar-refractivity contribution < 1.29 is 24.0 Å². The Morgan fingerprint density at radius 1 is 1.31 bits per heavy atom. The van der Waals surface area contributed by atoms with Crippen LogP contribution in [0.1, 0.15) is 29.9 Å². The molecule has 1 aliphatic heterocycles. The summed E-state index contributed by atoms with van der Waals surface area (Å²) in [6.45, 7) is 4.59. The van der Waals surface area contributed by atoms with Gasteiger partial charge in [-0.3, -0.25) is 14.4 Å². The van der Waals surface area contributed by atoms with E-state index in [2.05, 4.69) is 5.16 Å². The fourth-order valence-electron chi connectivity index (χ4n) is 2.83. The van der Waals surface area contributed by atoms with E-state index in [9.17, 15) is 14.4 Å². The molecule has 0 spiro atoms. The summed E-state index contributed by atoms with van der Waals surface area (Å²) in [5.74, 6) is 0.234. The summed E-state index contributed by atoms with van der Waals surface area (Å²) >= 11 is 1.46. The van der Waals surface area contributed by atoms with Gasteiger partial charge in [0, 0.05) is 31.5 Å². The average Bonchev–Trinajstić information content (AvgIpc) is 2.93. The highest BCUT2D eigenvalue weighted by Crippen LogP contribution is 2.20. The number of carboxylic acid groups (broad SMARTS) is 1. The van der Waals surface area contributed by atoms with Crippen LogP contribution >= 0.6 is 11.8 Å². The van der Waals surface area contributed by atoms with Gasteiger partial charge >= 0.3 is 5.97 Å². The lowest BCUT2D eigenvalue weighted by molar-refractivity contribution is -0.146. The van der Waals surface area contributed by atoms with Crippen molar-refractivity contribution >= 4 is 29.5 Å². The van der Waals surface area contributed by atoms with Gasteiger partial charge in [0.1, 0.15) is 5.76 Å². The van der Waals surface area contributed by atoms with Crippen molar-refractivity contribution in [1.29, 1.82) is 0 Å². The number of nitrogens with zero attached hydrogens (tertiary/aromatic N) is 3. The zero-order chi connectivity index (χ0) is 19.3. The van der Waals surface area contributed by atoms with Crippen LogP contribution in [0.15, 0.2) is 4.52 Å². The first kappa shape index (κ1) is 20.3. The van der Waals surface area contributed by atoms with E-state index in [1.54, 1.807) is 11.9 Å². The number of hydrogen-bond donors (Lipinski definition) is 1. The van der Waals surface area contributed by atoms with Crippen molar-refractivity contribution in [3.8, 4) is 0 Å². The molecule has 8 nitrogen and oxygen atoms in total. The molecule has 9 heteroatoms. The number of aliphatic carboxylic acids is 1. The topological polar surface area (TPSA) is 104 Å². The van der Waals surface area contributed by atoms with Crippen LogP contribution in [0.2, 0.25) is 0 Å². The number of amides is 2. The second kappa shape index (κ2) is 9.07. The van der Waals surface area contributed by atoms with Gasteiger partial charge in [0.25, 0.3) is 0 Å². The number of likely N-dealkylation sites (N-methyl/N-ethyl adjacent to an activating group) is 1. The molecule has 0 saturated carbocycles. The number of carboxylic acids is 1. The molecule has 0 radical (unpaired) electrons. The molecule has 2 heterocycles. The van der Waals surface area contributed by atoms with Crippen LogP contribution < -0.4 is 0 Å². The molecular weight excluding hydrogens is 358 g/mol. The van der Waals surface area contributed by atoms with Crippen LogP contribution in [-0.2, 0) is 20.1 Å². The lowest BCUT2D eigenvalue weighted by atomic mass is 9.97. The highest BCUT2D eigenvalue weighted by molar-refractivity contribution is 7.99. The number of carbonyl (C=O) groups is 3. The Balaban J connectivity index is 1.73. The van der Waals surface area contributed by atoms with Crippen molar-refractivity contribution in [2.45, 2.75) is 32.4 Å². The standard InChI is InChI=1S/C17H25N3O5S/c1-11-14(12(2)25-18-11)9-26-10-16(22)19(3)8-15(21)20-6-4-13(5-7-20)17(23)24/h13H,4-10H2,1-3H3,(H,23,24). The number of likely N-dealkylation sites (tertiary alicyclic amines) is 1. The van der Waals surface area contributed by atoms with Gasteiger partial charge in [-0.2, -0.15) is 0 Å². The average molecular weight is 383 g/mol. The van der Waals surface area contributed by atoms with Crippen LogP contribution in [-0.4, -0.2) is 70.3 Å². The Bertz CT molecular complexity index is 648. The molecule has 1 aromatic heterocycles. The lowest BCUT2D eigenvalue weighted by Crippen LogP contribution is -2.45. The monoisotopic (exact) mass is 383 g/mol. The maximum atomic E-state index is 12.3. The predicted octanol–water partition coefficient (Wildman–Crippen LogP) is 1.31. The zero-order valence-electron chi connectivity index (χ0n) is 15.4. The molecule has 1 fully saturated rings. The zero-order valence-corrected chi connectivity index (χ0v) is 16.2. The number of thioether (sulfide) groups is 1. The van der Waals surface area contributed by atoms with Gasteiger partial charge in [0.05, 0.1) is 23.9 Å². The van der Waals surface area contributed by atoms with E-state index in [1.165, 1.54) is 16.7 Å². The Morgan fingerprint density at radius 3 is 2.50 bits per heavy atom. The van der Waals surface area contributed by atoms with E-state index in [0.29, 0.717) is 31.7 Å². The Kier molecular flexibility index (Phi) is 7.07. The molecule has 0 unspecified atom stereocenters. The molecule has 1 aromatic rings. The molecule has 1 saturated heterocycles. The second-order valence-electron chi connectivity index (χ2n) is 6.54. The number of aromatic nitrogens is 1. The first-order chi connectivity index (χ1) is 12.3. The highest BCUT2D eigenvalue weighted by atomic mass is 32.2.